The Morgan fingerprint density at radius 2 is 1.68 bits per heavy atom. The molecule has 2 N–H and O–H groups in total. The zero-order valence-corrected chi connectivity index (χ0v) is 25.2. The Kier molecular flexibility index (Phi) is 9.29. The number of sulfonamides is 2. The van der Waals surface area contributed by atoms with Gasteiger partial charge in [0.15, 0.2) is 5.75 Å². The number of ether oxygens (including phenoxy) is 1. The molecular formula is C28H32ClN3O7S2. The first-order valence-corrected chi connectivity index (χ1v) is 16.2. The average Bonchev–Trinajstić information content (AvgIpc) is 2.95. The Morgan fingerprint density at radius 3 is 2.32 bits per heavy atom. The molecule has 0 bridgehead atoms. The maximum atomic E-state index is 13.7. The minimum atomic E-state index is -4.05. The Labute approximate surface area is 245 Å². The van der Waals surface area contributed by atoms with E-state index in [0.717, 1.165) is 4.31 Å². The summed E-state index contributed by atoms with van der Waals surface area (Å²) in [6.45, 7) is 3.26. The molecule has 0 saturated carbocycles. The van der Waals surface area contributed by atoms with Gasteiger partial charge in [-0.2, -0.15) is 4.31 Å². The summed E-state index contributed by atoms with van der Waals surface area (Å²) in [6.07, 6.45) is -0.801. The number of aliphatic hydroxyl groups is 1. The quantitative estimate of drug-likeness (QED) is 0.372. The van der Waals surface area contributed by atoms with Crippen molar-refractivity contribution < 1.29 is 31.5 Å². The first kappa shape index (κ1) is 30.8. The van der Waals surface area contributed by atoms with E-state index < -0.39 is 44.0 Å². The molecule has 13 heteroatoms. The lowest BCUT2D eigenvalue weighted by molar-refractivity contribution is 0.0389. The van der Waals surface area contributed by atoms with Crippen molar-refractivity contribution >= 4 is 43.2 Å². The van der Waals surface area contributed by atoms with Crippen LogP contribution in [0.1, 0.15) is 24.2 Å². The molecule has 1 amide bonds. The van der Waals surface area contributed by atoms with Crippen LogP contribution in [-0.2, 0) is 20.0 Å². The largest absolute Gasteiger partial charge is 0.486 e. The van der Waals surface area contributed by atoms with Gasteiger partial charge in [0.1, 0.15) is 6.10 Å². The van der Waals surface area contributed by atoms with E-state index in [-0.39, 0.29) is 46.5 Å². The molecular weight excluding hydrogens is 590 g/mol. The van der Waals surface area contributed by atoms with Crippen LogP contribution in [0, 0.1) is 5.92 Å². The molecule has 1 aliphatic rings. The molecule has 220 valence electrons. The highest BCUT2D eigenvalue weighted by molar-refractivity contribution is 7.92. The highest BCUT2D eigenvalue weighted by Crippen LogP contribution is 2.36. The smallest absolute Gasteiger partial charge is 0.262 e. The molecule has 0 spiro atoms. The summed E-state index contributed by atoms with van der Waals surface area (Å²) in [6, 6.07) is 17.5. The van der Waals surface area contributed by atoms with Crippen molar-refractivity contribution in [3.05, 3.63) is 83.4 Å². The maximum absolute atomic E-state index is 13.7. The molecule has 4 rings (SSSR count). The lowest BCUT2D eigenvalue weighted by Crippen LogP contribution is -2.50. The van der Waals surface area contributed by atoms with Gasteiger partial charge in [0, 0.05) is 24.5 Å². The van der Waals surface area contributed by atoms with Crippen molar-refractivity contribution in [2.24, 2.45) is 5.92 Å². The van der Waals surface area contributed by atoms with Gasteiger partial charge in [-0.1, -0.05) is 42.8 Å². The number of fused-ring (bicyclic) bond motifs is 1. The highest BCUT2D eigenvalue weighted by Gasteiger charge is 2.36. The summed E-state index contributed by atoms with van der Waals surface area (Å²) >= 11 is 5.93. The number of para-hydroxylation sites is 1. The summed E-state index contributed by atoms with van der Waals surface area (Å²) in [5.74, 6) is -0.890. The van der Waals surface area contributed by atoms with E-state index in [2.05, 4.69) is 4.72 Å². The van der Waals surface area contributed by atoms with Crippen molar-refractivity contribution in [3.8, 4) is 5.75 Å². The predicted molar refractivity (Wildman–Crippen MR) is 156 cm³/mol. The Balaban J connectivity index is 1.76. The second-order valence-corrected chi connectivity index (χ2v) is 14.1. The number of benzene rings is 3. The number of hydrogen-bond donors (Lipinski definition) is 2. The van der Waals surface area contributed by atoms with Crippen LogP contribution >= 0.6 is 11.6 Å². The van der Waals surface area contributed by atoms with Gasteiger partial charge >= 0.3 is 0 Å². The average molecular weight is 622 g/mol. The number of carbonyl (C=O) groups is 1. The fourth-order valence-corrected chi connectivity index (χ4v) is 6.88. The highest BCUT2D eigenvalue weighted by atomic mass is 35.5. The van der Waals surface area contributed by atoms with Gasteiger partial charge in [0.05, 0.1) is 40.2 Å². The van der Waals surface area contributed by atoms with E-state index in [9.17, 15) is 26.7 Å². The fourth-order valence-electron chi connectivity index (χ4n) is 4.48. The number of aliphatic hydroxyl groups excluding tert-OH is 1. The number of anilines is 1. The number of amides is 1. The van der Waals surface area contributed by atoms with E-state index in [1.807, 2.05) is 0 Å². The number of halogens is 1. The molecule has 3 aromatic carbocycles. The summed E-state index contributed by atoms with van der Waals surface area (Å²) in [7, 11) is -6.56. The van der Waals surface area contributed by atoms with Crippen LogP contribution in [0.25, 0.3) is 0 Å². The van der Waals surface area contributed by atoms with Crippen molar-refractivity contribution in [3.63, 3.8) is 0 Å². The zero-order valence-electron chi connectivity index (χ0n) is 22.8. The molecule has 0 aromatic heterocycles. The van der Waals surface area contributed by atoms with Gasteiger partial charge in [0.25, 0.3) is 15.9 Å². The third-order valence-electron chi connectivity index (χ3n) is 6.95. The van der Waals surface area contributed by atoms with Crippen molar-refractivity contribution in [2.45, 2.75) is 35.8 Å². The van der Waals surface area contributed by atoms with Crippen LogP contribution in [0.4, 0.5) is 5.69 Å². The van der Waals surface area contributed by atoms with Crippen LogP contribution < -0.4 is 9.46 Å². The molecule has 1 heterocycles. The topological polar surface area (TPSA) is 133 Å². The van der Waals surface area contributed by atoms with Crippen LogP contribution in [0.3, 0.4) is 0 Å². The molecule has 1 aliphatic heterocycles. The van der Waals surface area contributed by atoms with E-state index in [4.69, 9.17) is 16.3 Å². The van der Waals surface area contributed by atoms with Crippen molar-refractivity contribution in [1.82, 2.24) is 9.21 Å². The molecule has 0 saturated heterocycles. The minimum Gasteiger partial charge on any atom is -0.486 e. The minimum absolute atomic E-state index is 0.0176. The fraction of sp³-hybridized carbons (Fsp3) is 0.321. The first-order chi connectivity index (χ1) is 19.3. The van der Waals surface area contributed by atoms with Crippen LogP contribution in [0.5, 0.6) is 5.75 Å². The van der Waals surface area contributed by atoms with Gasteiger partial charge in [-0.25, -0.2) is 16.8 Å². The Hall–Kier alpha value is -3.16. The molecule has 3 atom stereocenters. The first-order valence-electron chi connectivity index (χ1n) is 12.9. The third kappa shape index (κ3) is 6.68. The number of hydrogen-bond acceptors (Lipinski definition) is 7. The summed E-state index contributed by atoms with van der Waals surface area (Å²) in [4.78, 5) is 15.2. The normalized spacial score (nSPS) is 18.7. The summed E-state index contributed by atoms with van der Waals surface area (Å²) in [5.41, 5.74) is 0.109. The van der Waals surface area contributed by atoms with Crippen LogP contribution in [0.15, 0.2) is 82.6 Å². The SMILES string of the molecule is C[C@H](CO)N1C[C@H](C)[C@H](CN(C)S(=O)(=O)c2ccc(Cl)cc2)Oc2c(NS(=O)(=O)c3ccccc3)cccc2C1=O. The van der Waals surface area contributed by atoms with E-state index in [0.29, 0.717) is 5.02 Å². The standard InChI is InChI=1S/C28H32ClN3O7S2/c1-19-16-32(20(2)18-33)28(34)24-10-7-11-25(30-40(35,36)22-8-5-4-6-9-22)27(24)39-26(19)17-31(3)41(37,38)23-14-12-21(29)13-15-23/h4-15,19-20,26,30,33H,16-18H2,1-3H3/t19-,20+,26-/m0/s1. The summed E-state index contributed by atoms with van der Waals surface area (Å²) in [5, 5.41) is 10.3. The third-order valence-corrected chi connectivity index (χ3v) is 10.4. The number of likely N-dealkylation sites (N-methyl/N-ethyl adjacent to an activating group) is 1. The molecule has 41 heavy (non-hydrogen) atoms. The van der Waals surface area contributed by atoms with Gasteiger partial charge in [-0.3, -0.25) is 9.52 Å². The van der Waals surface area contributed by atoms with Crippen LogP contribution in [0.2, 0.25) is 5.02 Å². The Morgan fingerprint density at radius 1 is 1.02 bits per heavy atom. The lowest BCUT2D eigenvalue weighted by Gasteiger charge is -2.38. The second kappa shape index (κ2) is 12.4. The van der Waals surface area contributed by atoms with Gasteiger partial charge in [-0.15, -0.1) is 0 Å². The molecule has 0 unspecified atom stereocenters. The molecule has 3 aromatic rings. The van der Waals surface area contributed by atoms with Crippen molar-refractivity contribution in [1.29, 1.82) is 0 Å². The van der Waals surface area contributed by atoms with E-state index in [1.54, 1.807) is 32.0 Å². The number of carbonyl (C=O) groups excluding carboxylic acids is 1. The number of nitrogens with zero attached hydrogens (tertiary/aromatic N) is 2. The molecule has 10 nitrogen and oxygen atoms in total. The monoisotopic (exact) mass is 621 g/mol. The predicted octanol–water partition coefficient (Wildman–Crippen LogP) is 3.68. The Bertz CT molecular complexity index is 1600. The number of rotatable bonds is 9. The van der Waals surface area contributed by atoms with Gasteiger partial charge in [0.2, 0.25) is 10.0 Å². The van der Waals surface area contributed by atoms with E-state index >= 15 is 0 Å². The van der Waals surface area contributed by atoms with Crippen molar-refractivity contribution in [2.75, 3.05) is 31.5 Å². The number of nitrogens with one attached hydrogen (secondary N) is 1. The zero-order chi connectivity index (χ0) is 29.9. The van der Waals surface area contributed by atoms with Gasteiger partial charge in [-0.05, 0) is 55.5 Å². The van der Waals surface area contributed by atoms with Gasteiger partial charge < -0.3 is 14.7 Å². The second-order valence-electron chi connectivity index (χ2n) is 9.96. The summed E-state index contributed by atoms with van der Waals surface area (Å²) < 4.78 is 63.1. The maximum Gasteiger partial charge on any atom is 0.262 e. The molecule has 0 fully saturated rings. The lowest BCUT2D eigenvalue weighted by atomic mass is 9.99. The van der Waals surface area contributed by atoms with E-state index in [1.165, 1.54) is 66.5 Å². The molecule has 0 radical (unpaired) electrons. The molecule has 0 aliphatic carbocycles. The van der Waals surface area contributed by atoms with Crippen LogP contribution in [-0.4, -0.2) is 75.9 Å².